The van der Waals surface area contributed by atoms with Crippen molar-refractivity contribution in [2.24, 2.45) is 0 Å². The minimum Gasteiger partial charge on any atom is -0.491 e. The zero-order valence-corrected chi connectivity index (χ0v) is 15.2. The fourth-order valence-electron chi connectivity index (χ4n) is 2.23. The van der Waals surface area contributed by atoms with Crippen LogP contribution in [0.15, 0.2) is 48.5 Å². The first-order valence-corrected chi connectivity index (χ1v) is 8.43. The highest BCUT2D eigenvalue weighted by molar-refractivity contribution is 6.05. The van der Waals surface area contributed by atoms with Crippen LogP contribution in [0.2, 0.25) is 0 Å². The van der Waals surface area contributed by atoms with E-state index in [0.717, 1.165) is 0 Å². The smallest absolute Gasteiger partial charge is 0.255 e. The third-order valence-electron chi connectivity index (χ3n) is 3.48. The van der Waals surface area contributed by atoms with Crippen molar-refractivity contribution in [3.8, 4) is 5.75 Å². The molecule has 0 unspecified atom stereocenters. The number of amides is 2. The van der Waals surface area contributed by atoms with Crippen LogP contribution in [0.3, 0.4) is 0 Å². The second kappa shape index (κ2) is 9.58. The number of methoxy groups -OCH3 is 1. The Morgan fingerprint density at radius 1 is 0.962 bits per heavy atom. The average Bonchev–Trinajstić information content (AvgIpc) is 2.62. The fraction of sp³-hybridized carbons (Fsp3) is 0.300. The number of hydrogen-bond donors (Lipinski definition) is 2. The maximum atomic E-state index is 12.4. The van der Waals surface area contributed by atoms with E-state index in [1.807, 2.05) is 13.8 Å². The number of carbonyl (C=O) groups is 2. The van der Waals surface area contributed by atoms with Gasteiger partial charge in [0.1, 0.15) is 12.4 Å². The van der Waals surface area contributed by atoms with E-state index < -0.39 is 0 Å². The molecule has 0 heterocycles. The Labute approximate surface area is 153 Å². The number of benzene rings is 2. The average molecular weight is 356 g/mol. The second-order valence-corrected chi connectivity index (χ2v) is 6.03. The Hall–Kier alpha value is -2.86. The molecule has 0 spiro atoms. The van der Waals surface area contributed by atoms with Gasteiger partial charge in [-0.25, -0.2) is 0 Å². The van der Waals surface area contributed by atoms with Crippen LogP contribution < -0.4 is 15.4 Å². The molecule has 0 aliphatic heterocycles. The van der Waals surface area contributed by atoms with Crippen molar-refractivity contribution in [1.29, 1.82) is 0 Å². The van der Waals surface area contributed by atoms with Crippen molar-refractivity contribution in [2.75, 3.05) is 25.6 Å². The molecule has 2 amide bonds. The number of rotatable bonds is 8. The molecular weight excluding hydrogens is 332 g/mol. The summed E-state index contributed by atoms with van der Waals surface area (Å²) in [7, 11) is 1.61. The van der Waals surface area contributed by atoms with Crippen LogP contribution in [-0.4, -0.2) is 38.2 Å². The molecule has 2 aromatic carbocycles. The van der Waals surface area contributed by atoms with Crippen LogP contribution in [0.5, 0.6) is 5.75 Å². The van der Waals surface area contributed by atoms with E-state index in [1.54, 1.807) is 55.6 Å². The van der Waals surface area contributed by atoms with Gasteiger partial charge in [-0.2, -0.15) is 0 Å². The lowest BCUT2D eigenvalue weighted by Crippen LogP contribution is -2.30. The van der Waals surface area contributed by atoms with Crippen molar-refractivity contribution < 1.29 is 19.1 Å². The Morgan fingerprint density at radius 2 is 1.69 bits per heavy atom. The molecule has 26 heavy (non-hydrogen) atoms. The lowest BCUT2D eigenvalue weighted by atomic mass is 10.1. The molecule has 6 heteroatoms. The first-order chi connectivity index (χ1) is 12.5. The Bertz CT molecular complexity index is 742. The summed E-state index contributed by atoms with van der Waals surface area (Å²) in [6, 6.07) is 13.7. The fourth-order valence-corrected chi connectivity index (χ4v) is 2.23. The monoisotopic (exact) mass is 356 g/mol. The summed E-state index contributed by atoms with van der Waals surface area (Å²) in [6.07, 6.45) is 0. The molecule has 0 atom stereocenters. The molecular formula is C20H24N2O4. The van der Waals surface area contributed by atoms with E-state index in [1.165, 1.54) is 0 Å². The standard InChI is InChI=1S/C20H24N2O4/c1-14(2)21-20(24)16-5-4-6-17(13-16)22-19(23)15-7-9-18(10-8-15)26-12-11-25-3/h4-10,13-14H,11-12H2,1-3H3,(H,21,24)(H,22,23). The highest BCUT2D eigenvalue weighted by atomic mass is 16.5. The summed E-state index contributed by atoms with van der Waals surface area (Å²) in [5.74, 6) is 0.245. The van der Waals surface area contributed by atoms with Gasteiger partial charge >= 0.3 is 0 Å². The molecule has 0 saturated carbocycles. The van der Waals surface area contributed by atoms with Crippen LogP contribution in [0, 0.1) is 0 Å². The topological polar surface area (TPSA) is 76.7 Å². The summed E-state index contributed by atoms with van der Waals surface area (Å²) >= 11 is 0. The van der Waals surface area contributed by atoms with E-state index in [0.29, 0.717) is 35.8 Å². The number of hydrogen-bond acceptors (Lipinski definition) is 4. The molecule has 0 fully saturated rings. The summed E-state index contributed by atoms with van der Waals surface area (Å²) in [6.45, 7) is 4.74. The third-order valence-corrected chi connectivity index (χ3v) is 3.48. The molecule has 2 rings (SSSR count). The van der Waals surface area contributed by atoms with E-state index in [-0.39, 0.29) is 17.9 Å². The molecule has 0 aliphatic carbocycles. The summed E-state index contributed by atoms with van der Waals surface area (Å²) < 4.78 is 10.4. The van der Waals surface area contributed by atoms with Crippen LogP contribution >= 0.6 is 0 Å². The first kappa shape index (κ1) is 19.5. The molecule has 0 radical (unpaired) electrons. The highest BCUT2D eigenvalue weighted by Gasteiger charge is 2.10. The maximum absolute atomic E-state index is 12.4. The number of carbonyl (C=O) groups excluding carboxylic acids is 2. The zero-order chi connectivity index (χ0) is 18.9. The summed E-state index contributed by atoms with van der Waals surface area (Å²) in [4.78, 5) is 24.4. The van der Waals surface area contributed by atoms with E-state index in [2.05, 4.69) is 10.6 Å². The highest BCUT2D eigenvalue weighted by Crippen LogP contribution is 2.15. The van der Waals surface area contributed by atoms with Gasteiger partial charge in [0.25, 0.3) is 11.8 Å². The van der Waals surface area contributed by atoms with Crippen molar-refractivity contribution in [3.05, 3.63) is 59.7 Å². The Morgan fingerprint density at radius 3 is 2.35 bits per heavy atom. The van der Waals surface area contributed by atoms with Crippen molar-refractivity contribution in [2.45, 2.75) is 19.9 Å². The van der Waals surface area contributed by atoms with Gasteiger partial charge in [0, 0.05) is 30.0 Å². The normalized spacial score (nSPS) is 10.5. The van der Waals surface area contributed by atoms with E-state index in [4.69, 9.17) is 9.47 Å². The van der Waals surface area contributed by atoms with Gasteiger partial charge in [-0.15, -0.1) is 0 Å². The zero-order valence-electron chi connectivity index (χ0n) is 15.2. The van der Waals surface area contributed by atoms with Gasteiger partial charge in [-0.1, -0.05) is 6.07 Å². The molecule has 0 aromatic heterocycles. The van der Waals surface area contributed by atoms with E-state index in [9.17, 15) is 9.59 Å². The minimum absolute atomic E-state index is 0.0466. The minimum atomic E-state index is -0.255. The van der Waals surface area contributed by atoms with Gasteiger partial charge in [0.15, 0.2) is 0 Å². The van der Waals surface area contributed by atoms with Crippen LogP contribution in [0.25, 0.3) is 0 Å². The van der Waals surface area contributed by atoms with Gasteiger partial charge in [0.05, 0.1) is 6.61 Å². The lowest BCUT2D eigenvalue weighted by molar-refractivity contribution is 0.0941. The van der Waals surface area contributed by atoms with E-state index >= 15 is 0 Å². The Kier molecular flexibility index (Phi) is 7.17. The summed E-state index contributed by atoms with van der Waals surface area (Å²) in [5, 5.41) is 5.62. The predicted octanol–water partition coefficient (Wildman–Crippen LogP) is 3.10. The first-order valence-electron chi connectivity index (χ1n) is 8.43. The molecule has 0 bridgehead atoms. The Balaban J connectivity index is 2.00. The van der Waals surface area contributed by atoms with Crippen molar-refractivity contribution >= 4 is 17.5 Å². The molecule has 138 valence electrons. The van der Waals surface area contributed by atoms with Gasteiger partial charge < -0.3 is 20.1 Å². The molecule has 2 N–H and O–H groups in total. The molecule has 2 aromatic rings. The largest absolute Gasteiger partial charge is 0.491 e. The SMILES string of the molecule is COCCOc1ccc(C(=O)Nc2cccc(C(=O)NC(C)C)c2)cc1. The number of ether oxygens (including phenoxy) is 2. The number of nitrogens with one attached hydrogen (secondary N) is 2. The van der Waals surface area contributed by atoms with Crippen LogP contribution in [-0.2, 0) is 4.74 Å². The number of anilines is 1. The van der Waals surface area contributed by atoms with Crippen molar-refractivity contribution in [1.82, 2.24) is 5.32 Å². The van der Waals surface area contributed by atoms with Crippen molar-refractivity contribution in [3.63, 3.8) is 0 Å². The second-order valence-electron chi connectivity index (χ2n) is 6.03. The molecule has 0 aliphatic rings. The van der Waals surface area contributed by atoms with Crippen LogP contribution in [0.4, 0.5) is 5.69 Å². The molecule has 0 saturated heterocycles. The quantitative estimate of drug-likeness (QED) is 0.713. The predicted molar refractivity (Wildman–Crippen MR) is 101 cm³/mol. The maximum Gasteiger partial charge on any atom is 0.255 e. The summed E-state index contributed by atoms with van der Waals surface area (Å²) in [5.41, 5.74) is 1.56. The third kappa shape index (κ3) is 5.89. The lowest BCUT2D eigenvalue weighted by Gasteiger charge is -2.10. The van der Waals surface area contributed by atoms with Gasteiger partial charge in [0.2, 0.25) is 0 Å². The van der Waals surface area contributed by atoms with Gasteiger partial charge in [-0.05, 0) is 56.3 Å². The van der Waals surface area contributed by atoms with Gasteiger partial charge in [-0.3, -0.25) is 9.59 Å². The van der Waals surface area contributed by atoms with Crippen LogP contribution in [0.1, 0.15) is 34.6 Å². The molecule has 6 nitrogen and oxygen atoms in total.